The molecular weight excluding hydrogens is 395 g/mol. The molecule has 1 saturated heterocycles. The van der Waals surface area contributed by atoms with Crippen molar-refractivity contribution < 1.29 is 19.0 Å². The first-order valence-corrected chi connectivity index (χ1v) is 9.14. The highest BCUT2D eigenvalue weighted by Gasteiger charge is 2.27. The fourth-order valence-electron chi connectivity index (χ4n) is 3.64. The monoisotopic (exact) mass is 416 g/mol. The Bertz CT molecular complexity index is 1040. The molecule has 1 amide bonds. The first-order chi connectivity index (χ1) is 13.6. The zero-order valence-electron chi connectivity index (χ0n) is 15.8. The fraction of sp³-hybridized carbons (Fsp3) is 0.227. The number of halogens is 2. The number of amides is 1. The van der Waals surface area contributed by atoms with Crippen LogP contribution in [0.15, 0.2) is 54.6 Å². The van der Waals surface area contributed by atoms with Crippen LogP contribution in [0.1, 0.15) is 10.4 Å². The van der Waals surface area contributed by atoms with E-state index in [4.69, 9.17) is 4.74 Å². The minimum absolute atomic E-state index is 0. The second kappa shape index (κ2) is 8.78. The molecule has 0 saturated carbocycles. The van der Waals surface area contributed by atoms with Gasteiger partial charge >= 0.3 is 0 Å². The van der Waals surface area contributed by atoms with Gasteiger partial charge in [-0.1, -0.05) is 30.3 Å². The van der Waals surface area contributed by atoms with Gasteiger partial charge in [0.05, 0.1) is 19.3 Å². The molecule has 29 heavy (non-hydrogen) atoms. The normalized spacial score (nSPS) is 18.3. The van der Waals surface area contributed by atoms with Crippen molar-refractivity contribution in [3.63, 3.8) is 0 Å². The molecule has 0 aromatic heterocycles. The predicted octanol–water partition coefficient (Wildman–Crippen LogP) is 3.14. The van der Waals surface area contributed by atoms with Gasteiger partial charge in [-0.15, -0.1) is 12.4 Å². The van der Waals surface area contributed by atoms with E-state index in [1.807, 2.05) is 24.3 Å². The van der Waals surface area contributed by atoms with Gasteiger partial charge in [0.25, 0.3) is 5.91 Å². The van der Waals surface area contributed by atoms with E-state index in [9.17, 15) is 14.3 Å². The molecule has 3 N–H and O–H groups in total. The standard InChI is InChI=1S/C22H21FN2O3.ClH/c1-28-13-8-9-17(19(23)10-13)15-5-2-6-16-14(15)4-3-7-18(16)22(27)25-20-11-24-12-21(20)26;/h2-10,20-21,24,26H,11-12H2,1H3,(H,25,27);1H/t20-,21+;/m0./s1. The van der Waals surface area contributed by atoms with Crippen molar-refractivity contribution in [3.8, 4) is 16.9 Å². The molecule has 1 aliphatic rings. The average molecular weight is 417 g/mol. The number of aliphatic hydroxyl groups is 1. The molecule has 0 unspecified atom stereocenters. The molecule has 152 valence electrons. The van der Waals surface area contributed by atoms with Crippen LogP contribution in [-0.2, 0) is 0 Å². The summed E-state index contributed by atoms with van der Waals surface area (Å²) in [5.74, 6) is -0.196. The number of hydrogen-bond donors (Lipinski definition) is 3. The van der Waals surface area contributed by atoms with E-state index in [1.54, 1.807) is 24.3 Å². The van der Waals surface area contributed by atoms with Crippen molar-refractivity contribution in [3.05, 3.63) is 66.0 Å². The van der Waals surface area contributed by atoms with Gasteiger partial charge in [0.15, 0.2) is 0 Å². The van der Waals surface area contributed by atoms with E-state index in [-0.39, 0.29) is 30.2 Å². The van der Waals surface area contributed by atoms with Gasteiger partial charge in [-0.05, 0) is 34.5 Å². The second-order valence-electron chi connectivity index (χ2n) is 6.86. The zero-order valence-corrected chi connectivity index (χ0v) is 16.6. The van der Waals surface area contributed by atoms with Crippen LogP contribution in [0.2, 0.25) is 0 Å². The van der Waals surface area contributed by atoms with Crippen LogP contribution in [0, 0.1) is 5.82 Å². The number of hydrogen-bond acceptors (Lipinski definition) is 4. The summed E-state index contributed by atoms with van der Waals surface area (Å²) in [6, 6.07) is 15.3. The molecule has 3 aromatic rings. The summed E-state index contributed by atoms with van der Waals surface area (Å²) in [6.45, 7) is 0.987. The summed E-state index contributed by atoms with van der Waals surface area (Å²) in [5, 5.41) is 17.4. The Kier molecular flexibility index (Phi) is 6.37. The maximum atomic E-state index is 14.6. The summed E-state index contributed by atoms with van der Waals surface area (Å²) in [4.78, 5) is 12.8. The number of rotatable bonds is 4. The van der Waals surface area contributed by atoms with Gasteiger partial charge in [0.1, 0.15) is 11.6 Å². The first-order valence-electron chi connectivity index (χ1n) is 9.14. The van der Waals surface area contributed by atoms with E-state index in [2.05, 4.69) is 10.6 Å². The number of aliphatic hydroxyl groups excluding tert-OH is 1. The fourth-order valence-corrected chi connectivity index (χ4v) is 3.64. The maximum absolute atomic E-state index is 14.6. The van der Waals surface area contributed by atoms with Gasteiger partial charge in [-0.2, -0.15) is 0 Å². The molecule has 1 heterocycles. The topological polar surface area (TPSA) is 70.6 Å². The van der Waals surface area contributed by atoms with Crippen molar-refractivity contribution in [2.75, 3.05) is 20.2 Å². The number of nitrogens with one attached hydrogen (secondary N) is 2. The Morgan fingerprint density at radius 3 is 2.55 bits per heavy atom. The SMILES string of the molecule is COc1ccc(-c2cccc3c(C(=O)N[C@H]4CNC[C@H]4O)cccc23)c(F)c1.Cl. The quantitative estimate of drug-likeness (QED) is 0.611. The molecule has 3 aromatic carbocycles. The van der Waals surface area contributed by atoms with Crippen LogP contribution < -0.4 is 15.4 Å². The highest BCUT2D eigenvalue weighted by atomic mass is 35.5. The van der Waals surface area contributed by atoms with E-state index < -0.39 is 6.10 Å². The summed E-state index contributed by atoms with van der Waals surface area (Å²) in [7, 11) is 1.49. The van der Waals surface area contributed by atoms with Crippen LogP contribution in [0.4, 0.5) is 4.39 Å². The minimum Gasteiger partial charge on any atom is -0.497 e. The predicted molar refractivity (Wildman–Crippen MR) is 113 cm³/mol. The number of methoxy groups -OCH3 is 1. The summed E-state index contributed by atoms with van der Waals surface area (Å²) in [5.41, 5.74) is 1.64. The van der Waals surface area contributed by atoms with Gasteiger partial charge in [0, 0.05) is 30.3 Å². The van der Waals surface area contributed by atoms with Gasteiger partial charge < -0.3 is 20.5 Å². The first kappa shape index (κ1) is 21.0. The van der Waals surface area contributed by atoms with Crippen molar-refractivity contribution in [2.45, 2.75) is 12.1 Å². The van der Waals surface area contributed by atoms with Crippen molar-refractivity contribution >= 4 is 29.1 Å². The second-order valence-corrected chi connectivity index (χ2v) is 6.86. The summed E-state index contributed by atoms with van der Waals surface area (Å²) in [6.07, 6.45) is -0.608. The van der Waals surface area contributed by atoms with Gasteiger partial charge in [-0.25, -0.2) is 4.39 Å². The van der Waals surface area contributed by atoms with E-state index in [1.165, 1.54) is 13.2 Å². The number of carbonyl (C=O) groups excluding carboxylic acids is 1. The lowest BCUT2D eigenvalue weighted by molar-refractivity contribution is 0.0890. The zero-order chi connectivity index (χ0) is 19.7. The Labute approximate surface area is 174 Å². The number of benzene rings is 3. The third-order valence-corrected chi connectivity index (χ3v) is 5.13. The minimum atomic E-state index is -0.608. The Morgan fingerprint density at radius 2 is 1.86 bits per heavy atom. The van der Waals surface area contributed by atoms with E-state index in [0.29, 0.717) is 35.5 Å². The van der Waals surface area contributed by atoms with Crippen LogP contribution in [0.5, 0.6) is 5.75 Å². The third kappa shape index (κ3) is 4.05. The Balaban J connectivity index is 0.00000240. The molecule has 1 aliphatic heterocycles. The molecule has 2 atom stereocenters. The molecule has 0 aliphatic carbocycles. The molecule has 4 rings (SSSR count). The lowest BCUT2D eigenvalue weighted by atomic mass is 9.95. The summed E-state index contributed by atoms with van der Waals surface area (Å²) < 4.78 is 19.7. The molecule has 7 heteroatoms. The van der Waals surface area contributed by atoms with Crippen LogP contribution in [-0.4, -0.2) is 43.4 Å². The lowest BCUT2D eigenvalue weighted by Crippen LogP contribution is -2.42. The number of ether oxygens (including phenoxy) is 1. The largest absolute Gasteiger partial charge is 0.497 e. The number of carbonyl (C=O) groups is 1. The van der Waals surface area contributed by atoms with Crippen molar-refractivity contribution in [1.82, 2.24) is 10.6 Å². The Morgan fingerprint density at radius 1 is 1.10 bits per heavy atom. The lowest BCUT2D eigenvalue weighted by Gasteiger charge is -2.17. The molecule has 1 fully saturated rings. The molecule has 0 radical (unpaired) electrons. The molecule has 5 nitrogen and oxygen atoms in total. The number of fused-ring (bicyclic) bond motifs is 1. The van der Waals surface area contributed by atoms with Crippen LogP contribution >= 0.6 is 12.4 Å². The Hall–Kier alpha value is -2.67. The van der Waals surface area contributed by atoms with Crippen molar-refractivity contribution in [2.24, 2.45) is 0 Å². The number of β-amino-alcohol motifs (C(OH)–C–C–N with tert-alkyl or cyclic N) is 1. The average Bonchev–Trinajstić information content (AvgIpc) is 3.11. The van der Waals surface area contributed by atoms with Crippen molar-refractivity contribution in [1.29, 1.82) is 0 Å². The van der Waals surface area contributed by atoms with Gasteiger partial charge in [0.2, 0.25) is 0 Å². The highest BCUT2D eigenvalue weighted by molar-refractivity contribution is 6.10. The third-order valence-electron chi connectivity index (χ3n) is 5.13. The molecule has 0 bridgehead atoms. The molecule has 0 spiro atoms. The van der Waals surface area contributed by atoms with Gasteiger partial charge in [-0.3, -0.25) is 4.79 Å². The summed E-state index contributed by atoms with van der Waals surface area (Å²) >= 11 is 0. The molecular formula is C22H22ClFN2O3. The highest BCUT2D eigenvalue weighted by Crippen LogP contribution is 2.33. The van der Waals surface area contributed by atoms with Crippen LogP contribution in [0.25, 0.3) is 21.9 Å². The van der Waals surface area contributed by atoms with Crippen LogP contribution in [0.3, 0.4) is 0 Å². The maximum Gasteiger partial charge on any atom is 0.252 e. The van der Waals surface area contributed by atoms with E-state index in [0.717, 1.165) is 10.8 Å². The smallest absolute Gasteiger partial charge is 0.252 e. The van der Waals surface area contributed by atoms with E-state index >= 15 is 0 Å².